The average Bonchev–Trinajstić information content (AvgIpc) is 2.62. The quantitative estimate of drug-likeness (QED) is 0.831. The largest absolute Gasteiger partial charge is 0.493 e. The monoisotopic (exact) mass is 383 g/mol. The standard InChI is InChI=1S/C18H16F3NO3S/c1-24-15-8-10(2-4-14(15)25-18(20)21)17(23)22-13-6-7-26-16-5-3-11(19)9-12(13)16/h2-5,8-9,13,18H,6-7H2,1H3,(H,22,23). The minimum Gasteiger partial charge on any atom is -0.493 e. The van der Waals surface area contributed by atoms with E-state index in [1.165, 1.54) is 37.4 Å². The number of rotatable bonds is 5. The molecule has 0 spiro atoms. The minimum absolute atomic E-state index is 0.0311. The van der Waals surface area contributed by atoms with E-state index in [1.807, 2.05) is 0 Å². The molecule has 0 fully saturated rings. The molecular formula is C18H16F3NO3S. The van der Waals surface area contributed by atoms with Gasteiger partial charge in [-0.2, -0.15) is 8.78 Å². The molecule has 1 heterocycles. The van der Waals surface area contributed by atoms with Crippen LogP contribution < -0.4 is 14.8 Å². The molecular weight excluding hydrogens is 367 g/mol. The molecule has 1 unspecified atom stereocenters. The molecule has 3 rings (SSSR count). The van der Waals surface area contributed by atoms with E-state index in [1.54, 1.807) is 17.8 Å². The zero-order chi connectivity index (χ0) is 18.7. The van der Waals surface area contributed by atoms with Crippen LogP contribution in [0.4, 0.5) is 13.2 Å². The van der Waals surface area contributed by atoms with Gasteiger partial charge in [-0.3, -0.25) is 4.79 Å². The SMILES string of the molecule is COc1cc(C(=O)NC2CCSc3ccc(F)cc32)ccc1OC(F)F. The van der Waals surface area contributed by atoms with E-state index in [2.05, 4.69) is 10.1 Å². The normalized spacial score (nSPS) is 16.1. The molecule has 0 saturated heterocycles. The van der Waals surface area contributed by atoms with E-state index < -0.39 is 12.5 Å². The molecule has 1 atom stereocenters. The van der Waals surface area contributed by atoms with Gasteiger partial charge < -0.3 is 14.8 Å². The number of carbonyl (C=O) groups is 1. The second-order valence-corrected chi connectivity index (χ2v) is 6.73. The zero-order valence-electron chi connectivity index (χ0n) is 13.8. The predicted molar refractivity (Wildman–Crippen MR) is 91.6 cm³/mol. The zero-order valence-corrected chi connectivity index (χ0v) is 14.6. The molecule has 0 aliphatic carbocycles. The summed E-state index contributed by atoms with van der Waals surface area (Å²) in [4.78, 5) is 13.5. The van der Waals surface area contributed by atoms with Crippen LogP contribution >= 0.6 is 11.8 Å². The third-order valence-corrected chi connectivity index (χ3v) is 5.08. The lowest BCUT2D eigenvalue weighted by Crippen LogP contribution is -2.30. The number of hydrogen-bond donors (Lipinski definition) is 1. The van der Waals surface area contributed by atoms with Crippen LogP contribution in [0, 0.1) is 5.82 Å². The summed E-state index contributed by atoms with van der Waals surface area (Å²) in [5.74, 6) is -0.0857. The van der Waals surface area contributed by atoms with Crippen molar-refractivity contribution in [3.8, 4) is 11.5 Å². The highest BCUT2D eigenvalue weighted by molar-refractivity contribution is 7.99. The summed E-state index contributed by atoms with van der Waals surface area (Å²) < 4.78 is 47.7. The van der Waals surface area contributed by atoms with Crippen LogP contribution in [0.5, 0.6) is 11.5 Å². The van der Waals surface area contributed by atoms with Crippen LogP contribution in [-0.2, 0) is 0 Å². The van der Waals surface area contributed by atoms with Crippen molar-refractivity contribution in [2.45, 2.75) is 24.0 Å². The van der Waals surface area contributed by atoms with Crippen LogP contribution in [-0.4, -0.2) is 25.4 Å². The molecule has 26 heavy (non-hydrogen) atoms. The fraction of sp³-hybridized carbons (Fsp3) is 0.278. The molecule has 2 aromatic rings. The summed E-state index contributed by atoms with van der Waals surface area (Å²) in [6, 6.07) is 8.15. The van der Waals surface area contributed by atoms with E-state index >= 15 is 0 Å². The first-order valence-corrected chi connectivity index (χ1v) is 8.82. The van der Waals surface area contributed by atoms with Crippen molar-refractivity contribution in [1.29, 1.82) is 0 Å². The number of thioether (sulfide) groups is 1. The third kappa shape index (κ3) is 4.07. The van der Waals surface area contributed by atoms with Gasteiger partial charge in [0.15, 0.2) is 11.5 Å². The molecule has 1 amide bonds. The maximum Gasteiger partial charge on any atom is 0.387 e. The Balaban J connectivity index is 1.80. The lowest BCUT2D eigenvalue weighted by atomic mass is 10.0. The second-order valence-electron chi connectivity index (χ2n) is 5.59. The van der Waals surface area contributed by atoms with Crippen molar-refractivity contribution in [3.63, 3.8) is 0 Å². The number of halogens is 3. The Hall–Kier alpha value is -2.35. The van der Waals surface area contributed by atoms with E-state index in [-0.39, 0.29) is 28.9 Å². The molecule has 1 aliphatic heterocycles. The molecule has 4 nitrogen and oxygen atoms in total. The van der Waals surface area contributed by atoms with Crippen molar-refractivity contribution >= 4 is 17.7 Å². The Morgan fingerprint density at radius 2 is 2.04 bits per heavy atom. The smallest absolute Gasteiger partial charge is 0.387 e. The van der Waals surface area contributed by atoms with Gasteiger partial charge in [-0.05, 0) is 48.4 Å². The number of amides is 1. The Bertz CT molecular complexity index is 816. The molecule has 0 bridgehead atoms. The number of hydrogen-bond acceptors (Lipinski definition) is 4. The van der Waals surface area contributed by atoms with Gasteiger partial charge in [-0.25, -0.2) is 4.39 Å². The van der Waals surface area contributed by atoms with Crippen LogP contribution in [0.3, 0.4) is 0 Å². The van der Waals surface area contributed by atoms with Crippen LogP contribution in [0.15, 0.2) is 41.3 Å². The van der Waals surface area contributed by atoms with Gasteiger partial charge in [0.25, 0.3) is 5.91 Å². The van der Waals surface area contributed by atoms with Crippen LogP contribution in [0.2, 0.25) is 0 Å². The Labute approximate surface area is 152 Å². The molecule has 1 aliphatic rings. The summed E-state index contributed by atoms with van der Waals surface area (Å²) >= 11 is 1.61. The van der Waals surface area contributed by atoms with Gasteiger partial charge in [0.2, 0.25) is 0 Å². The van der Waals surface area contributed by atoms with Crippen molar-refractivity contribution < 1.29 is 27.4 Å². The number of benzene rings is 2. The third-order valence-electron chi connectivity index (χ3n) is 3.96. The molecule has 0 saturated carbocycles. The molecule has 138 valence electrons. The maximum absolute atomic E-state index is 13.6. The Morgan fingerprint density at radius 1 is 1.23 bits per heavy atom. The second kappa shape index (κ2) is 7.90. The highest BCUT2D eigenvalue weighted by atomic mass is 32.2. The first-order valence-electron chi connectivity index (χ1n) is 7.84. The minimum atomic E-state index is -2.99. The van der Waals surface area contributed by atoms with E-state index in [0.29, 0.717) is 6.42 Å². The molecule has 8 heteroatoms. The van der Waals surface area contributed by atoms with Crippen molar-refractivity contribution in [3.05, 3.63) is 53.3 Å². The van der Waals surface area contributed by atoms with Gasteiger partial charge in [-0.1, -0.05) is 0 Å². The van der Waals surface area contributed by atoms with Crippen molar-refractivity contribution in [2.75, 3.05) is 12.9 Å². The average molecular weight is 383 g/mol. The van der Waals surface area contributed by atoms with Gasteiger partial charge in [0.05, 0.1) is 13.2 Å². The van der Waals surface area contributed by atoms with Gasteiger partial charge in [-0.15, -0.1) is 11.8 Å². The summed E-state index contributed by atoms with van der Waals surface area (Å²) in [6.07, 6.45) is 0.663. The molecule has 0 radical (unpaired) electrons. The van der Waals surface area contributed by atoms with Crippen LogP contribution in [0.25, 0.3) is 0 Å². The topological polar surface area (TPSA) is 47.6 Å². The summed E-state index contributed by atoms with van der Waals surface area (Å²) in [5, 5.41) is 2.87. The fourth-order valence-electron chi connectivity index (χ4n) is 2.76. The summed E-state index contributed by atoms with van der Waals surface area (Å²) in [5.41, 5.74) is 0.971. The number of ether oxygens (including phenoxy) is 2. The first kappa shape index (κ1) is 18.4. The number of fused-ring (bicyclic) bond motifs is 1. The Morgan fingerprint density at radius 3 is 2.77 bits per heavy atom. The molecule has 1 N–H and O–H groups in total. The highest BCUT2D eigenvalue weighted by Gasteiger charge is 2.24. The van der Waals surface area contributed by atoms with E-state index in [9.17, 15) is 18.0 Å². The lowest BCUT2D eigenvalue weighted by molar-refractivity contribution is -0.0512. The predicted octanol–water partition coefficient (Wildman–Crippen LogP) is 4.40. The first-order chi connectivity index (χ1) is 12.5. The number of methoxy groups -OCH3 is 1. The number of carbonyl (C=O) groups excluding carboxylic acids is 1. The van der Waals surface area contributed by atoms with Crippen molar-refractivity contribution in [1.82, 2.24) is 5.32 Å². The van der Waals surface area contributed by atoms with Crippen LogP contribution in [0.1, 0.15) is 28.4 Å². The highest BCUT2D eigenvalue weighted by Crippen LogP contribution is 2.37. The number of nitrogens with one attached hydrogen (secondary N) is 1. The molecule has 2 aromatic carbocycles. The van der Waals surface area contributed by atoms with E-state index in [0.717, 1.165) is 16.2 Å². The summed E-state index contributed by atoms with van der Waals surface area (Å²) in [6.45, 7) is -2.99. The van der Waals surface area contributed by atoms with Gasteiger partial charge in [0, 0.05) is 16.2 Å². The molecule has 0 aromatic heterocycles. The number of alkyl halides is 2. The van der Waals surface area contributed by atoms with Gasteiger partial charge >= 0.3 is 6.61 Å². The Kier molecular flexibility index (Phi) is 5.61. The summed E-state index contributed by atoms with van der Waals surface area (Å²) in [7, 11) is 1.30. The fourth-order valence-corrected chi connectivity index (χ4v) is 3.86. The maximum atomic E-state index is 13.6. The van der Waals surface area contributed by atoms with Crippen molar-refractivity contribution in [2.24, 2.45) is 0 Å². The van der Waals surface area contributed by atoms with Gasteiger partial charge in [0.1, 0.15) is 5.82 Å². The van der Waals surface area contributed by atoms with E-state index in [4.69, 9.17) is 4.74 Å². The lowest BCUT2D eigenvalue weighted by Gasteiger charge is -2.26.